The first-order valence-electron chi connectivity index (χ1n) is 9.71. The maximum atomic E-state index is 12.7. The highest BCUT2D eigenvalue weighted by atomic mass is 32.1. The summed E-state index contributed by atoms with van der Waals surface area (Å²) in [5, 5.41) is 14.8. The van der Waals surface area contributed by atoms with E-state index in [-0.39, 0.29) is 24.2 Å². The summed E-state index contributed by atoms with van der Waals surface area (Å²) in [6, 6.07) is 5.98. The molecule has 1 aliphatic rings. The standard InChI is InChI=1S/C21H29N3O4S/c1-21(2,3)23-20(26)24(16-6-7-16)10-14-5-8-17(27-4)18(9-14)28-12-19-22-15(11-25)13-29-19/h5,8-9,13,16,25H,6-7,10-12H2,1-4H3,(H,23,26). The highest BCUT2D eigenvalue weighted by Gasteiger charge is 2.34. The third-order valence-corrected chi connectivity index (χ3v) is 5.29. The minimum Gasteiger partial charge on any atom is -0.493 e. The Morgan fingerprint density at radius 2 is 2.10 bits per heavy atom. The van der Waals surface area contributed by atoms with Crippen LogP contribution in [-0.4, -0.2) is 39.7 Å². The molecule has 7 nitrogen and oxygen atoms in total. The number of aliphatic hydroxyl groups is 1. The number of ether oxygens (including phenoxy) is 2. The van der Waals surface area contributed by atoms with Gasteiger partial charge in [0.2, 0.25) is 0 Å². The van der Waals surface area contributed by atoms with Crippen LogP contribution in [-0.2, 0) is 19.8 Å². The van der Waals surface area contributed by atoms with Crippen LogP contribution in [0.2, 0.25) is 0 Å². The van der Waals surface area contributed by atoms with Crippen molar-refractivity contribution in [2.45, 2.75) is 65.0 Å². The lowest BCUT2D eigenvalue weighted by atomic mass is 10.1. The molecule has 1 fully saturated rings. The number of nitrogens with zero attached hydrogens (tertiary/aromatic N) is 2. The molecule has 0 atom stereocenters. The van der Waals surface area contributed by atoms with Gasteiger partial charge in [-0.3, -0.25) is 0 Å². The molecular weight excluding hydrogens is 390 g/mol. The molecule has 0 unspecified atom stereocenters. The number of nitrogens with one attached hydrogen (secondary N) is 1. The Morgan fingerprint density at radius 3 is 2.69 bits per heavy atom. The number of amides is 2. The molecule has 0 saturated heterocycles. The summed E-state index contributed by atoms with van der Waals surface area (Å²) in [5.74, 6) is 1.24. The number of aliphatic hydroxyl groups excluding tert-OH is 1. The predicted octanol–water partition coefficient (Wildman–Crippen LogP) is 3.70. The van der Waals surface area contributed by atoms with Gasteiger partial charge in [0.25, 0.3) is 0 Å². The number of benzene rings is 1. The van der Waals surface area contributed by atoms with E-state index < -0.39 is 0 Å². The van der Waals surface area contributed by atoms with Gasteiger partial charge in [0.15, 0.2) is 11.5 Å². The van der Waals surface area contributed by atoms with Gasteiger partial charge in [-0.2, -0.15) is 0 Å². The van der Waals surface area contributed by atoms with Crippen molar-refractivity contribution < 1.29 is 19.4 Å². The fraction of sp³-hybridized carbons (Fsp3) is 0.524. The third kappa shape index (κ3) is 6.08. The Hall–Kier alpha value is -2.32. The highest BCUT2D eigenvalue weighted by molar-refractivity contribution is 7.09. The number of methoxy groups -OCH3 is 1. The second-order valence-electron chi connectivity index (χ2n) is 8.20. The SMILES string of the molecule is COc1ccc(CN(C(=O)NC(C)(C)C)C2CC2)cc1OCc1nc(CO)cs1. The molecule has 0 aliphatic heterocycles. The molecule has 2 aromatic rings. The summed E-state index contributed by atoms with van der Waals surface area (Å²) in [6.07, 6.45) is 2.07. The smallest absolute Gasteiger partial charge is 0.318 e. The minimum absolute atomic E-state index is 0.0439. The third-order valence-electron chi connectivity index (χ3n) is 4.42. The molecule has 1 heterocycles. The van der Waals surface area contributed by atoms with Gasteiger partial charge in [-0.25, -0.2) is 9.78 Å². The summed E-state index contributed by atoms with van der Waals surface area (Å²) in [6.45, 7) is 6.67. The average molecular weight is 420 g/mol. The molecule has 2 N–H and O–H groups in total. The molecule has 0 spiro atoms. The van der Waals surface area contributed by atoms with E-state index in [1.165, 1.54) is 11.3 Å². The monoisotopic (exact) mass is 419 g/mol. The largest absolute Gasteiger partial charge is 0.493 e. The number of hydrogen-bond donors (Lipinski definition) is 2. The maximum absolute atomic E-state index is 12.7. The maximum Gasteiger partial charge on any atom is 0.318 e. The van der Waals surface area contributed by atoms with E-state index in [0.29, 0.717) is 30.3 Å². The number of aromatic nitrogens is 1. The van der Waals surface area contributed by atoms with E-state index in [4.69, 9.17) is 14.6 Å². The lowest BCUT2D eigenvalue weighted by Gasteiger charge is -2.28. The van der Waals surface area contributed by atoms with Crippen LogP contribution in [0.25, 0.3) is 0 Å². The van der Waals surface area contributed by atoms with Crippen LogP contribution in [0, 0.1) is 0 Å². The van der Waals surface area contributed by atoms with Gasteiger partial charge < -0.3 is 24.8 Å². The summed E-state index contributed by atoms with van der Waals surface area (Å²) < 4.78 is 11.4. The Morgan fingerprint density at radius 1 is 1.34 bits per heavy atom. The molecule has 29 heavy (non-hydrogen) atoms. The fourth-order valence-corrected chi connectivity index (χ4v) is 3.60. The van der Waals surface area contributed by atoms with Crippen molar-refractivity contribution in [2.75, 3.05) is 7.11 Å². The molecule has 2 amide bonds. The van der Waals surface area contributed by atoms with Crippen LogP contribution >= 0.6 is 11.3 Å². The minimum atomic E-state index is -0.278. The molecule has 0 bridgehead atoms. The van der Waals surface area contributed by atoms with Crippen LogP contribution in [0.3, 0.4) is 0 Å². The Kier molecular flexibility index (Phi) is 6.64. The molecular formula is C21H29N3O4S. The predicted molar refractivity (Wildman–Crippen MR) is 112 cm³/mol. The van der Waals surface area contributed by atoms with Crippen molar-refractivity contribution in [3.05, 3.63) is 39.8 Å². The molecule has 1 aliphatic carbocycles. The highest BCUT2D eigenvalue weighted by Crippen LogP contribution is 2.32. The molecule has 1 aromatic carbocycles. The van der Waals surface area contributed by atoms with Crippen LogP contribution in [0.15, 0.2) is 23.6 Å². The van der Waals surface area contributed by atoms with Gasteiger partial charge in [-0.15, -0.1) is 11.3 Å². The lowest BCUT2D eigenvalue weighted by molar-refractivity contribution is 0.182. The molecule has 0 radical (unpaired) electrons. The Labute approximate surface area is 175 Å². The van der Waals surface area contributed by atoms with Crippen molar-refractivity contribution in [3.63, 3.8) is 0 Å². The second kappa shape index (κ2) is 9.00. The summed E-state index contributed by atoms with van der Waals surface area (Å²) in [4.78, 5) is 18.9. The van der Waals surface area contributed by atoms with E-state index >= 15 is 0 Å². The van der Waals surface area contributed by atoms with Crippen molar-refractivity contribution in [2.24, 2.45) is 0 Å². The summed E-state index contributed by atoms with van der Waals surface area (Å²) in [7, 11) is 1.60. The van der Waals surface area contributed by atoms with Crippen LogP contribution in [0.1, 0.15) is 49.9 Å². The zero-order valence-electron chi connectivity index (χ0n) is 17.4. The zero-order valence-corrected chi connectivity index (χ0v) is 18.2. The number of carbonyl (C=O) groups excluding carboxylic acids is 1. The first-order chi connectivity index (χ1) is 13.8. The van der Waals surface area contributed by atoms with Gasteiger partial charge in [-0.1, -0.05) is 6.07 Å². The van der Waals surface area contributed by atoms with Gasteiger partial charge in [-0.05, 0) is 51.3 Å². The number of thiazole rings is 1. The van der Waals surface area contributed by atoms with Crippen LogP contribution in [0.4, 0.5) is 4.79 Å². The normalized spacial score (nSPS) is 13.8. The van der Waals surface area contributed by atoms with E-state index in [1.807, 2.05) is 49.3 Å². The molecule has 158 valence electrons. The number of carbonyl (C=O) groups is 1. The van der Waals surface area contributed by atoms with Gasteiger partial charge >= 0.3 is 6.03 Å². The molecule has 1 aromatic heterocycles. The Bertz CT molecular complexity index is 843. The molecule has 8 heteroatoms. The van der Waals surface area contributed by atoms with Crippen molar-refractivity contribution in [1.29, 1.82) is 0 Å². The first-order valence-corrected chi connectivity index (χ1v) is 10.6. The van der Waals surface area contributed by atoms with Gasteiger partial charge in [0.1, 0.15) is 11.6 Å². The first kappa shape index (κ1) is 21.4. The Balaban J connectivity index is 1.71. The van der Waals surface area contributed by atoms with E-state index in [0.717, 1.165) is 23.4 Å². The van der Waals surface area contributed by atoms with Crippen LogP contribution < -0.4 is 14.8 Å². The molecule has 1 saturated carbocycles. The van der Waals surface area contributed by atoms with Crippen molar-refractivity contribution in [1.82, 2.24) is 15.2 Å². The fourth-order valence-electron chi connectivity index (χ4n) is 2.90. The molecule has 3 rings (SSSR count). The topological polar surface area (TPSA) is 83.9 Å². The zero-order chi connectivity index (χ0) is 21.0. The van der Waals surface area contributed by atoms with E-state index in [2.05, 4.69) is 10.3 Å². The van der Waals surface area contributed by atoms with Crippen molar-refractivity contribution >= 4 is 17.4 Å². The number of hydrogen-bond acceptors (Lipinski definition) is 6. The quantitative estimate of drug-likeness (QED) is 0.682. The van der Waals surface area contributed by atoms with Crippen LogP contribution in [0.5, 0.6) is 11.5 Å². The number of urea groups is 1. The summed E-state index contributed by atoms with van der Waals surface area (Å²) in [5.41, 5.74) is 1.34. The average Bonchev–Trinajstić information content (AvgIpc) is 3.40. The van der Waals surface area contributed by atoms with Gasteiger partial charge in [0, 0.05) is 23.5 Å². The number of rotatable bonds is 8. The summed E-state index contributed by atoms with van der Waals surface area (Å²) >= 11 is 1.44. The van der Waals surface area contributed by atoms with E-state index in [9.17, 15) is 4.79 Å². The second-order valence-corrected chi connectivity index (χ2v) is 9.15. The lowest BCUT2D eigenvalue weighted by Crippen LogP contribution is -2.49. The van der Waals surface area contributed by atoms with Gasteiger partial charge in [0.05, 0.1) is 19.4 Å². The van der Waals surface area contributed by atoms with E-state index in [1.54, 1.807) is 7.11 Å². The van der Waals surface area contributed by atoms with Crippen molar-refractivity contribution in [3.8, 4) is 11.5 Å².